The summed E-state index contributed by atoms with van der Waals surface area (Å²) in [6, 6.07) is 14.0. The third kappa shape index (κ3) is 3.80. The van der Waals surface area contributed by atoms with E-state index >= 15 is 0 Å². The maximum atomic E-state index is 13.5. The van der Waals surface area contributed by atoms with Crippen LogP contribution in [0.1, 0.15) is 61.9 Å². The van der Waals surface area contributed by atoms with Gasteiger partial charge < -0.3 is 4.57 Å². The molecule has 1 aliphatic heterocycles. The van der Waals surface area contributed by atoms with Crippen molar-refractivity contribution in [3.05, 3.63) is 59.4 Å². The molecule has 0 radical (unpaired) electrons. The second-order valence-electron chi connectivity index (χ2n) is 8.95. The molecule has 31 heavy (non-hydrogen) atoms. The molecule has 3 aromatic rings. The fourth-order valence-corrected chi connectivity index (χ4v) is 6.83. The molecule has 0 bridgehead atoms. The van der Waals surface area contributed by atoms with E-state index in [9.17, 15) is 8.42 Å². The van der Waals surface area contributed by atoms with Crippen molar-refractivity contribution >= 4 is 21.1 Å². The SMILES string of the molecule is CCCn1c(C2CCCN(S(=O)(=O)c3ccc4c(c3)CCCC4)C2)nc2ccccc21. The van der Waals surface area contributed by atoms with Crippen LogP contribution in [0.4, 0.5) is 0 Å². The van der Waals surface area contributed by atoms with Gasteiger partial charge in [0.05, 0.1) is 15.9 Å². The molecule has 2 heterocycles. The summed E-state index contributed by atoms with van der Waals surface area (Å²) in [5.41, 5.74) is 4.68. The largest absolute Gasteiger partial charge is 0.328 e. The second-order valence-corrected chi connectivity index (χ2v) is 10.9. The Hall–Kier alpha value is -2.18. The summed E-state index contributed by atoms with van der Waals surface area (Å²) in [4.78, 5) is 5.40. The van der Waals surface area contributed by atoms with Crippen LogP contribution < -0.4 is 0 Å². The molecule has 0 N–H and O–H groups in total. The maximum Gasteiger partial charge on any atom is 0.243 e. The minimum atomic E-state index is -3.50. The lowest BCUT2D eigenvalue weighted by Crippen LogP contribution is -2.39. The molecule has 1 aliphatic carbocycles. The topological polar surface area (TPSA) is 55.2 Å². The van der Waals surface area contributed by atoms with Gasteiger partial charge in [0.1, 0.15) is 5.82 Å². The van der Waals surface area contributed by atoms with Crippen molar-refractivity contribution < 1.29 is 8.42 Å². The number of hydrogen-bond donors (Lipinski definition) is 0. The van der Waals surface area contributed by atoms with Gasteiger partial charge in [0, 0.05) is 25.6 Å². The predicted octanol–water partition coefficient (Wildman–Crippen LogP) is 4.89. The Kier molecular flexibility index (Phi) is 5.61. The van der Waals surface area contributed by atoms with Gasteiger partial charge in [-0.1, -0.05) is 25.1 Å². The summed E-state index contributed by atoms with van der Waals surface area (Å²) < 4.78 is 31.1. The number of fused-ring (bicyclic) bond motifs is 2. The van der Waals surface area contributed by atoms with Crippen LogP contribution in [-0.2, 0) is 29.4 Å². The summed E-state index contributed by atoms with van der Waals surface area (Å²) in [5.74, 6) is 1.16. The van der Waals surface area contributed by atoms with Gasteiger partial charge in [-0.25, -0.2) is 13.4 Å². The average molecular weight is 438 g/mol. The minimum absolute atomic E-state index is 0.125. The summed E-state index contributed by atoms with van der Waals surface area (Å²) in [5, 5.41) is 0. The zero-order chi connectivity index (χ0) is 21.4. The highest BCUT2D eigenvalue weighted by molar-refractivity contribution is 7.89. The first-order valence-electron chi connectivity index (χ1n) is 11.6. The molecule has 2 aromatic carbocycles. The molecule has 1 saturated heterocycles. The Labute approximate surface area is 185 Å². The normalized spacial score (nSPS) is 20.1. The number of sulfonamides is 1. The zero-order valence-corrected chi connectivity index (χ0v) is 19.1. The van der Waals surface area contributed by atoms with Gasteiger partial charge in [0.15, 0.2) is 0 Å². The van der Waals surface area contributed by atoms with E-state index in [1.165, 1.54) is 17.5 Å². The van der Waals surface area contributed by atoms with Gasteiger partial charge in [0.25, 0.3) is 0 Å². The highest BCUT2D eigenvalue weighted by Crippen LogP contribution is 2.33. The molecule has 1 atom stereocenters. The number of aromatic nitrogens is 2. The number of nitrogens with zero attached hydrogens (tertiary/aromatic N) is 3. The number of imidazole rings is 1. The van der Waals surface area contributed by atoms with E-state index in [0.29, 0.717) is 18.0 Å². The van der Waals surface area contributed by atoms with Gasteiger partial charge in [0.2, 0.25) is 10.0 Å². The van der Waals surface area contributed by atoms with Crippen molar-refractivity contribution in [1.82, 2.24) is 13.9 Å². The van der Waals surface area contributed by atoms with Gasteiger partial charge in [-0.15, -0.1) is 0 Å². The Balaban J connectivity index is 1.45. The molecule has 0 saturated carbocycles. The van der Waals surface area contributed by atoms with E-state index < -0.39 is 10.0 Å². The van der Waals surface area contributed by atoms with Crippen LogP contribution in [0.25, 0.3) is 11.0 Å². The number of para-hydroxylation sites is 2. The number of rotatable bonds is 5. The molecular formula is C25H31N3O2S. The molecule has 2 aliphatic rings. The number of benzene rings is 2. The number of hydrogen-bond acceptors (Lipinski definition) is 3. The summed E-state index contributed by atoms with van der Waals surface area (Å²) in [6.07, 6.45) is 7.27. The van der Waals surface area contributed by atoms with E-state index in [-0.39, 0.29) is 5.92 Å². The highest BCUT2D eigenvalue weighted by atomic mass is 32.2. The van der Waals surface area contributed by atoms with E-state index in [1.54, 1.807) is 4.31 Å². The highest BCUT2D eigenvalue weighted by Gasteiger charge is 2.33. The molecule has 1 unspecified atom stereocenters. The predicted molar refractivity (Wildman–Crippen MR) is 124 cm³/mol. The maximum absolute atomic E-state index is 13.5. The quantitative estimate of drug-likeness (QED) is 0.571. The van der Waals surface area contributed by atoms with Crippen LogP contribution in [0.3, 0.4) is 0 Å². The molecule has 1 fully saturated rings. The number of aryl methyl sites for hydroxylation is 3. The second kappa shape index (κ2) is 8.40. The van der Waals surface area contributed by atoms with E-state index in [2.05, 4.69) is 23.6 Å². The fraction of sp³-hybridized carbons (Fsp3) is 0.480. The van der Waals surface area contributed by atoms with E-state index in [4.69, 9.17) is 4.98 Å². The molecule has 5 nitrogen and oxygen atoms in total. The van der Waals surface area contributed by atoms with Crippen molar-refractivity contribution in [1.29, 1.82) is 0 Å². The van der Waals surface area contributed by atoms with Crippen molar-refractivity contribution in [2.75, 3.05) is 13.1 Å². The average Bonchev–Trinajstić information content (AvgIpc) is 3.18. The monoisotopic (exact) mass is 437 g/mol. The van der Waals surface area contributed by atoms with Crippen LogP contribution in [0.15, 0.2) is 47.4 Å². The van der Waals surface area contributed by atoms with E-state index in [0.717, 1.165) is 61.9 Å². The first-order chi connectivity index (χ1) is 15.1. The molecule has 164 valence electrons. The van der Waals surface area contributed by atoms with E-state index in [1.807, 2.05) is 30.3 Å². The molecule has 5 rings (SSSR count). The minimum Gasteiger partial charge on any atom is -0.328 e. The molecule has 0 spiro atoms. The Bertz CT molecular complexity index is 1200. The van der Waals surface area contributed by atoms with Crippen LogP contribution in [0.2, 0.25) is 0 Å². The van der Waals surface area contributed by atoms with Crippen LogP contribution in [-0.4, -0.2) is 35.4 Å². The lowest BCUT2D eigenvalue weighted by Gasteiger charge is -2.32. The van der Waals surface area contributed by atoms with Crippen LogP contribution >= 0.6 is 0 Å². The number of piperidine rings is 1. The van der Waals surface area contributed by atoms with Gasteiger partial charge in [-0.05, 0) is 80.3 Å². The van der Waals surface area contributed by atoms with Crippen LogP contribution in [0.5, 0.6) is 0 Å². The standard InChI is InChI=1S/C25H31N3O2S/c1-2-15-28-24-12-6-5-11-23(24)26-25(28)21-10-7-16-27(18-21)31(29,30)22-14-13-19-8-3-4-9-20(19)17-22/h5-6,11-14,17,21H,2-4,7-10,15-16,18H2,1H3. The first kappa shape index (κ1) is 20.7. The molecule has 6 heteroatoms. The van der Waals surface area contributed by atoms with Gasteiger partial charge in [-0.3, -0.25) is 0 Å². The summed E-state index contributed by atoms with van der Waals surface area (Å²) >= 11 is 0. The fourth-order valence-electron chi connectivity index (χ4n) is 5.26. The van der Waals surface area contributed by atoms with Crippen LogP contribution in [0, 0.1) is 0 Å². The Morgan fingerprint density at radius 3 is 2.68 bits per heavy atom. The smallest absolute Gasteiger partial charge is 0.243 e. The Morgan fingerprint density at radius 1 is 1.03 bits per heavy atom. The van der Waals surface area contributed by atoms with Crippen molar-refractivity contribution in [2.45, 2.75) is 69.2 Å². The summed E-state index contributed by atoms with van der Waals surface area (Å²) in [6.45, 7) is 4.17. The van der Waals surface area contributed by atoms with Crippen molar-refractivity contribution in [3.63, 3.8) is 0 Å². The zero-order valence-electron chi connectivity index (χ0n) is 18.3. The van der Waals surface area contributed by atoms with Gasteiger partial charge in [-0.2, -0.15) is 4.31 Å². The summed E-state index contributed by atoms with van der Waals surface area (Å²) in [7, 11) is -3.50. The molecule has 0 amide bonds. The lowest BCUT2D eigenvalue weighted by atomic mass is 9.92. The van der Waals surface area contributed by atoms with Gasteiger partial charge >= 0.3 is 0 Å². The van der Waals surface area contributed by atoms with Crippen molar-refractivity contribution in [3.8, 4) is 0 Å². The third-order valence-electron chi connectivity index (χ3n) is 6.84. The molecular weight excluding hydrogens is 406 g/mol. The molecule has 1 aromatic heterocycles. The lowest BCUT2D eigenvalue weighted by molar-refractivity contribution is 0.305. The Morgan fingerprint density at radius 2 is 1.84 bits per heavy atom. The first-order valence-corrected chi connectivity index (χ1v) is 13.1. The third-order valence-corrected chi connectivity index (χ3v) is 8.70. The van der Waals surface area contributed by atoms with Crippen molar-refractivity contribution in [2.24, 2.45) is 0 Å².